The minimum atomic E-state index is 0.621. The average molecular weight is 262 g/mol. The Hall–Kier alpha value is -1.06. The summed E-state index contributed by atoms with van der Waals surface area (Å²) in [6.07, 6.45) is 2.46. The minimum Gasteiger partial charge on any atom is -0.496 e. The highest BCUT2D eigenvalue weighted by Crippen LogP contribution is 2.22. The molecule has 0 bridgehead atoms. The second kappa shape index (κ2) is 6.40. The molecule has 1 heterocycles. The van der Waals surface area contributed by atoms with Crippen LogP contribution in [0.25, 0.3) is 0 Å². The summed E-state index contributed by atoms with van der Waals surface area (Å²) in [5.74, 6) is 0.994. The predicted octanol–water partition coefficient (Wildman–Crippen LogP) is 2.58. The molecule has 0 amide bonds. The summed E-state index contributed by atoms with van der Waals surface area (Å²) in [4.78, 5) is 2.44. The Kier molecular flexibility index (Phi) is 4.83. The molecule has 19 heavy (non-hydrogen) atoms. The van der Waals surface area contributed by atoms with Gasteiger partial charge in [-0.05, 0) is 51.9 Å². The fourth-order valence-corrected chi connectivity index (χ4v) is 2.81. The molecule has 1 aliphatic rings. The van der Waals surface area contributed by atoms with Gasteiger partial charge in [0.2, 0.25) is 0 Å². The van der Waals surface area contributed by atoms with Crippen molar-refractivity contribution in [2.75, 3.05) is 20.7 Å². The Labute approximate surface area is 116 Å². The Morgan fingerprint density at radius 1 is 1.42 bits per heavy atom. The van der Waals surface area contributed by atoms with E-state index in [4.69, 9.17) is 4.74 Å². The summed E-state index contributed by atoms with van der Waals surface area (Å²) in [5, 5.41) is 3.70. The molecule has 1 aromatic rings. The van der Waals surface area contributed by atoms with E-state index < -0.39 is 0 Å². The Morgan fingerprint density at radius 2 is 2.21 bits per heavy atom. The molecule has 1 saturated heterocycles. The molecule has 1 N–H and O–H groups in total. The number of methoxy groups -OCH3 is 1. The topological polar surface area (TPSA) is 24.5 Å². The van der Waals surface area contributed by atoms with Gasteiger partial charge in [-0.15, -0.1) is 0 Å². The van der Waals surface area contributed by atoms with Crippen LogP contribution in [0.4, 0.5) is 0 Å². The number of hydrogen-bond acceptors (Lipinski definition) is 3. The lowest BCUT2D eigenvalue weighted by molar-refractivity contribution is 0.168. The second-order valence-corrected chi connectivity index (χ2v) is 5.69. The number of piperidine rings is 1. The number of benzene rings is 1. The fraction of sp³-hybridized carbons (Fsp3) is 0.625. The monoisotopic (exact) mass is 262 g/mol. The summed E-state index contributed by atoms with van der Waals surface area (Å²) in [6, 6.07) is 7.54. The van der Waals surface area contributed by atoms with Crippen molar-refractivity contribution < 1.29 is 4.74 Å². The number of nitrogens with one attached hydrogen (secondary N) is 1. The van der Waals surface area contributed by atoms with Gasteiger partial charge in [-0.2, -0.15) is 0 Å². The lowest BCUT2D eigenvalue weighted by atomic mass is 9.98. The molecule has 0 aromatic heterocycles. The molecule has 106 valence electrons. The van der Waals surface area contributed by atoms with Gasteiger partial charge in [-0.3, -0.25) is 0 Å². The van der Waals surface area contributed by atoms with Crippen molar-refractivity contribution in [3.05, 3.63) is 29.3 Å². The molecular formula is C16H26N2O. The maximum absolute atomic E-state index is 5.46. The number of likely N-dealkylation sites (tertiary alicyclic amines) is 1. The van der Waals surface area contributed by atoms with E-state index in [1.807, 2.05) is 6.07 Å². The van der Waals surface area contributed by atoms with Crippen molar-refractivity contribution in [1.82, 2.24) is 10.2 Å². The van der Waals surface area contributed by atoms with E-state index in [-0.39, 0.29) is 0 Å². The van der Waals surface area contributed by atoms with Gasteiger partial charge in [0.1, 0.15) is 5.75 Å². The molecule has 2 atom stereocenters. The first-order valence-electron chi connectivity index (χ1n) is 7.18. The van der Waals surface area contributed by atoms with Crippen molar-refractivity contribution in [2.45, 2.75) is 45.3 Å². The van der Waals surface area contributed by atoms with Gasteiger partial charge in [0.15, 0.2) is 0 Å². The van der Waals surface area contributed by atoms with Crippen LogP contribution in [0.5, 0.6) is 5.75 Å². The van der Waals surface area contributed by atoms with Crippen molar-refractivity contribution in [3.63, 3.8) is 0 Å². The zero-order valence-electron chi connectivity index (χ0n) is 12.6. The summed E-state index contributed by atoms with van der Waals surface area (Å²) >= 11 is 0. The first-order valence-corrected chi connectivity index (χ1v) is 7.18. The maximum Gasteiger partial charge on any atom is 0.123 e. The zero-order valence-corrected chi connectivity index (χ0v) is 12.6. The number of hydrogen-bond donors (Lipinski definition) is 1. The van der Waals surface area contributed by atoms with Gasteiger partial charge in [-0.1, -0.05) is 12.1 Å². The minimum absolute atomic E-state index is 0.621. The van der Waals surface area contributed by atoms with E-state index in [0.717, 1.165) is 12.3 Å². The fourth-order valence-electron chi connectivity index (χ4n) is 2.81. The van der Waals surface area contributed by atoms with E-state index in [1.165, 1.54) is 30.5 Å². The van der Waals surface area contributed by atoms with Crippen LogP contribution in [-0.4, -0.2) is 37.7 Å². The molecule has 1 fully saturated rings. The highest BCUT2D eigenvalue weighted by molar-refractivity contribution is 5.39. The highest BCUT2D eigenvalue weighted by atomic mass is 16.5. The van der Waals surface area contributed by atoms with Gasteiger partial charge in [0.05, 0.1) is 7.11 Å². The Morgan fingerprint density at radius 3 is 2.89 bits per heavy atom. The van der Waals surface area contributed by atoms with Crippen LogP contribution >= 0.6 is 0 Å². The molecule has 0 saturated carbocycles. The number of nitrogens with zero attached hydrogens (tertiary/aromatic N) is 1. The van der Waals surface area contributed by atoms with Gasteiger partial charge in [0.25, 0.3) is 0 Å². The number of aryl methyl sites for hydroxylation is 1. The van der Waals surface area contributed by atoms with E-state index in [9.17, 15) is 0 Å². The molecule has 3 nitrogen and oxygen atoms in total. The highest BCUT2D eigenvalue weighted by Gasteiger charge is 2.22. The SMILES string of the molecule is COc1cccc(C)c1CN[C@@H]1CCN(C)[C@@H](C)C1. The first kappa shape index (κ1) is 14.4. The Bertz CT molecular complexity index is 419. The van der Waals surface area contributed by atoms with Gasteiger partial charge < -0.3 is 15.0 Å². The second-order valence-electron chi connectivity index (χ2n) is 5.69. The predicted molar refractivity (Wildman–Crippen MR) is 79.7 cm³/mol. The van der Waals surface area contributed by atoms with Crippen LogP contribution in [0.1, 0.15) is 30.9 Å². The molecule has 0 unspecified atom stereocenters. The van der Waals surface area contributed by atoms with E-state index in [1.54, 1.807) is 7.11 Å². The summed E-state index contributed by atoms with van der Waals surface area (Å²) in [7, 11) is 3.96. The summed E-state index contributed by atoms with van der Waals surface area (Å²) in [6.45, 7) is 6.54. The molecule has 2 rings (SSSR count). The summed E-state index contributed by atoms with van der Waals surface area (Å²) < 4.78 is 5.46. The summed E-state index contributed by atoms with van der Waals surface area (Å²) in [5.41, 5.74) is 2.59. The molecule has 1 aliphatic heterocycles. The van der Waals surface area contributed by atoms with Gasteiger partial charge in [0, 0.05) is 24.2 Å². The van der Waals surface area contributed by atoms with E-state index >= 15 is 0 Å². The maximum atomic E-state index is 5.46. The largest absolute Gasteiger partial charge is 0.496 e. The molecule has 3 heteroatoms. The van der Waals surface area contributed by atoms with Crippen molar-refractivity contribution in [2.24, 2.45) is 0 Å². The smallest absolute Gasteiger partial charge is 0.123 e. The quantitative estimate of drug-likeness (QED) is 0.902. The van der Waals surface area contributed by atoms with Crippen LogP contribution in [0.2, 0.25) is 0 Å². The first-order chi connectivity index (χ1) is 9.11. The van der Waals surface area contributed by atoms with Crippen molar-refractivity contribution in [3.8, 4) is 5.75 Å². The molecular weight excluding hydrogens is 236 g/mol. The number of ether oxygens (including phenoxy) is 1. The van der Waals surface area contributed by atoms with Crippen LogP contribution in [0.15, 0.2) is 18.2 Å². The van der Waals surface area contributed by atoms with Gasteiger partial charge in [-0.25, -0.2) is 0 Å². The van der Waals surface area contributed by atoms with E-state index in [0.29, 0.717) is 12.1 Å². The average Bonchev–Trinajstić information content (AvgIpc) is 2.41. The van der Waals surface area contributed by atoms with Gasteiger partial charge >= 0.3 is 0 Å². The normalized spacial score (nSPS) is 24.4. The third kappa shape index (κ3) is 3.48. The third-order valence-electron chi connectivity index (χ3n) is 4.36. The van der Waals surface area contributed by atoms with Crippen LogP contribution < -0.4 is 10.1 Å². The lowest BCUT2D eigenvalue weighted by Gasteiger charge is -2.35. The van der Waals surface area contributed by atoms with Crippen molar-refractivity contribution in [1.29, 1.82) is 0 Å². The van der Waals surface area contributed by atoms with Crippen molar-refractivity contribution >= 4 is 0 Å². The lowest BCUT2D eigenvalue weighted by Crippen LogP contribution is -2.45. The van der Waals surface area contributed by atoms with E-state index in [2.05, 4.69) is 43.2 Å². The van der Waals surface area contributed by atoms with Crippen LogP contribution in [-0.2, 0) is 6.54 Å². The van der Waals surface area contributed by atoms with Crippen LogP contribution in [0, 0.1) is 6.92 Å². The molecule has 1 aromatic carbocycles. The molecule has 0 spiro atoms. The molecule has 0 aliphatic carbocycles. The van der Waals surface area contributed by atoms with Crippen LogP contribution in [0.3, 0.4) is 0 Å². The number of rotatable bonds is 4. The third-order valence-corrected chi connectivity index (χ3v) is 4.36. The Balaban J connectivity index is 1.96. The zero-order chi connectivity index (χ0) is 13.8. The molecule has 0 radical (unpaired) electrons. The standard InChI is InChI=1S/C16H26N2O/c1-12-6-5-7-16(19-4)15(12)11-17-14-8-9-18(3)13(2)10-14/h5-7,13-14,17H,8-11H2,1-4H3/t13-,14+/m0/s1.